The Balaban J connectivity index is 2.07. The van der Waals surface area contributed by atoms with E-state index < -0.39 is 12.1 Å². The molecule has 0 saturated carbocycles. The number of ether oxygens (including phenoxy) is 1. The normalized spacial score (nSPS) is 10.9. The number of methoxy groups -OCH3 is 1. The molecule has 2 aromatic rings. The molecule has 0 fully saturated rings. The number of carbonyl (C=O) groups is 2. The van der Waals surface area contributed by atoms with Gasteiger partial charge < -0.3 is 14.7 Å². The fraction of sp³-hybridized carbons (Fsp3) is 0.143. The minimum absolute atomic E-state index is 0.0852. The van der Waals surface area contributed by atoms with Gasteiger partial charge in [-0.15, -0.1) is 11.3 Å². The van der Waals surface area contributed by atoms with E-state index >= 15 is 0 Å². The summed E-state index contributed by atoms with van der Waals surface area (Å²) in [6.45, 7) is 0.134. The highest BCUT2D eigenvalue weighted by Gasteiger charge is 2.18. The highest BCUT2D eigenvalue weighted by molar-refractivity contribution is 7.14. The van der Waals surface area contributed by atoms with E-state index in [0.29, 0.717) is 0 Å². The molecule has 0 atom stereocenters. The second-order valence-electron chi connectivity index (χ2n) is 4.16. The zero-order chi connectivity index (χ0) is 16.7. The summed E-state index contributed by atoms with van der Waals surface area (Å²) in [5.74, 6) is -1.28. The minimum Gasteiger partial charge on any atom is -0.476 e. The van der Waals surface area contributed by atoms with Crippen LogP contribution in [0, 0.1) is 0 Å². The molecule has 8 nitrogen and oxygen atoms in total. The summed E-state index contributed by atoms with van der Waals surface area (Å²) in [5, 5.41) is 16.8. The maximum Gasteiger partial charge on any atom is 0.413 e. The number of carboxylic acids is 1. The van der Waals surface area contributed by atoms with Crippen molar-refractivity contribution in [2.75, 3.05) is 12.4 Å². The number of amides is 1. The Morgan fingerprint density at radius 1 is 1.35 bits per heavy atom. The Labute approximate surface area is 135 Å². The van der Waals surface area contributed by atoms with Gasteiger partial charge in [0.15, 0.2) is 5.13 Å². The van der Waals surface area contributed by atoms with E-state index in [1.807, 2.05) is 30.3 Å². The zero-order valence-electron chi connectivity index (χ0n) is 12.1. The van der Waals surface area contributed by atoms with Crippen LogP contribution in [0.25, 0.3) is 0 Å². The summed E-state index contributed by atoms with van der Waals surface area (Å²) in [5.41, 5.74) is 0.587. The standard InChI is InChI=1S/C14H13N3O5S/c1-21-14(20)16-13-15-10(8-23-13)11(12(18)19)17-22-7-9-5-3-2-4-6-9/h2-6,8H,7H2,1H3,(H,18,19)(H,15,16,20)/b17-11-. The third-order valence-electron chi connectivity index (χ3n) is 2.57. The maximum atomic E-state index is 11.3. The second-order valence-corrected chi connectivity index (χ2v) is 5.02. The number of carbonyl (C=O) groups excluding carboxylic acids is 1. The van der Waals surface area contributed by atoms with E-state index in [0.717, 1.165) is 16.9 Å². The predicted octanol–water partition coefficient (Wildman–Crippen LogP) is 2.33. The summed E-state index contributed by atoms with van der Waals surface area (Å²) in [6.07, 6.45) is -0.694. The van der Waals surface area contributed by atoms with Crippen molar-refractivity contribution >= 4 is 34.2 Å². The lowest BCUT2D eigenvalue weighted by Crippen LogP contribution is -2.16. The van der Waals surface area contributed by atoms with Gasteiger partial charge in [0, 0.05) is 5.38 Å². The van der Waals surface area contributed by atoms with Gasteiger partial charge in [-0.1, -0.05) is 35.5 Å². The Bertz CT molecular complexity index is 714. The van der Waals surface area contributed by atoms with E-state index in [4.69, 9.17) is 4.84 Å². The van der Waals surface area contributed by atoms with Gasteiger partial charge in [-0.05, 0) is 5.56 Å². The van der Waals surface area contributed by atoms with Gasteiger partial charge in [-0.25, -0.2) is 14.6 Å². The number of nitrogens with zero attached hydrogens (tertiary/aromatic N) is 2. The van der Waals surface area contributed by atoms with Crippen LogP contribution in [-0.2, 0) is 21.0 Å². The molecule has 1 heterocycles. The predicted molar refractivity (Wildman–Crippen MR) is 83.5 cm³/mol. The summed E-state index contributed by atoms with van der Waals surface area (Å²) >= 11 is 1.05. The number of hydrogen-bond donors (Lipinski definition) is 2. The molecule has 0 aliphatic heterocycles. The van der Waals surface area contributed by atoms with Gasteiger partial charge >= 0.3 is 12.1 Å². The van der Waals surface area contributed by atoms with Crippen LogP contribution in [0.1, 0.15) is 11.3 Å². The third-order valence-corrected chi connectivity index (χ3v) is 3.33. The number of aromatic nitrogens is 1. The Morgan fingerprint density at radius 2 is 2.09 bits per heavy atom. The molecule has 0 aliphatic rings. The molecule has 0 spiro atoms. The lowest BCUT2D eigenvalue weighted by molar-refractivity contribution is -0.129. The van der Waals surface area contributed by atoms with Crippen LogP contribution < -0.4 is 5.32 Å². The molecule has 0 bridgehead atoms. The summed E-state index contributed by atoms with van der Waals surface area (Å²) in [7, 11) is 1.21. The van der Waals surface area contributed by atoms with Crippen LogP contribution in [0.15, 0.2) is 40.9 Å². The van der Waals surface area contributed by atoms with Crippen LogP contribution in [0.5, 0.6) is 0 Å². The van der Waals surface area contributed by atoms with Gasteiger partial charge in [-0.2, -0.15) is 0 Å². The smallest absolute Gasteiger partial charge is 0.413 e. The van der Waals surface area contributed by atoms with Crippen molar-refractivity contribution in [1.82, 2.24) is 4.98 Å². The fourth-order valence-electron chi connectivity index (χ4n) is 1.52. The molecule has 0 unspecified atom stereocenters. The zero-order valence-corrected chi connectivity index (χ0v) is 12.9. The minimum atomic E-state index is -1.28. The molecular weight excluding hydrogens is 322 g/mol. The Morgan fingerprint density at radius 3 is 2.74 bits per heavy atom. The Hall–Kier alpha value is -2.94. The number of nitrogens with one attached hydrogen (secondary N) is 1. The molecule has 0 radical (unpaired) electrons. The second kappa shape index (κ2) is 7.90. The SMILES string of the molecule is COC(=O)Nc1nc(/C(=N/OCc2ccccc2)C(=O)O)cs1. The summed E-state index contributed by atoms with van der Waals surface area (Å²) in [4.78, 5) is 31.4. The molecule has 2 rings (SSSR count). The van der Waals surface area contributed by atoms with Crippen LogP contribution >= 0.6 is 11.3 Å². The first-order valence-corrected chi connectivity index (χ1v) is 7.26. The number of rotatable bonds is 6. The van der Waals surface area contributed by atoms with Crippen molar-refractivity contribution in [3.63, 3.8) is 0 Å². The lowest BCUT2D eigenvalue weighted by Gasteiger charge is -2.01. The van der Waals surface area contributed by atoms with Crippen molar-refractivity contribution < 1.29 is 24.3 Å². The van der Waals surface area contributed by atoms with E-state index in [2.05, 4.69) is 20.2 Å². The molecule has 23 heavy (non-hydrogen) atoms. The molecule has 120 valence electrons. The molecule has 2 N–H and O–H groups in total. The first-order valence-electron chi connectivity index (χ1n) is 6.38. The van der Waals surface area contributed by atoms with Gasteiger partial charge in [-0.3, -0.25) is 5.32 Å². The number of oxime groups is 1. The van der Waals surface area contributed by atoms with E-state index in [9.17, 15) is 14.7 Å². The van der Waals surface area contributed by atoms with E-state index in [1.54, 1.807) is 0 Å². The Kier molecular flexibility index (Phi) is 5.64. The van der Waals surface area contributed by atoms with Gasteiger partial charge in [0.25, 0.3) is 0 Å². The molecule has 1 aromatic heterocycles. The highest BCUT2D eigenvalue weighted by Crippen LogP contribution is 2.16. The van der Waals surface area contributed by atoms with Crippen LogP contribution in [-0.4, -0.2) is 35.0 Å². The largest absolute Gasteiger partial charge is 0.476 e. The molecule has 0 saturated heterocycles. The average molecular weight is 335 g/mol. The number of hydrogen-bond acceptors (Lipinski definition) is 7. The van der Waals surface area contributed by atoms with Gasteiger partial charge in [0.1, 0.15) is 12.3 Å². The van der Waals surface area contributed by atoms with Crippen molar-refractivity contribution in [3.05, 3.63) is 47.0 Å². The van der Waals surface area contributed by atoms with Crippen LogP contribution in [0.2, 0.25) is 0 Å². The monoisotopic (exact) mass is 335 g/mol. The molecule has 1 amide bonds. The number of benzene rings is 1. The van der Waals surface area contributed by atoms with Crippen LogP contribution in [0.4, 0.5) is 9.93 Å². The lowest BCUT2D eigenvalue weighted by atomic mass is 10.2. The number of aliphatic carboxylic acids is 1. The van der Waals surface area contributed by atoms with E-state index in [-0.39, 0.29) is 23.1 Å². The fourth-order valence-corrected chi connectivity index (χ4v) is 2.20. The molecule has 1 aromatic carbocycles. The van der Waals surface area contributed by atoms with Gasteiger partial charge in [0.05, 0.1) is 7.11 Å². The molecule has 9 heteroatoms. The van der Waals surface area contributed by atoms with Gasteiger partial charge in [0.2, 0.25) is 5.71 Å². The third kappa shape index (κ3) is 4.78. The van der Waals surface area contributed by atoms with Crippen molar-refractivity contribution in [1.29, 1.82) is 0 Å². The number of carboxylic acid groups (broad SMARTS) is 1. The van der Waals surface area contributed by atoms with Crippen molar-refractivity contribution in [3.8, 4) is 0 Å². The van der Waals surface area contributed by atoms with Crippen molar-refractivity contribution in [2.24, 2.45) is 5.16 Å². The quantitative estimate of drug-likeness (QED) is 0.619. The number of thiazole rings is 1. The first kappa shape index (κ1) is 16.4. The molecule has 0 aliphatic carbocycles. The highest BCUT2D eigenvalue weighted by atomic mass is 32.1. The maximum absolute atomic E-state index is 11.3. The number of anilines is 1. The van der Waals surface area contributed by atoms with Crippen LogP contribution in [0.3, 0.4) is 0 Å². The molecular formula is C14H13N3O5S. The topological polar surface area (TPSA) is 110 Å². The average Bonchev–Trinajstić information content (AvgIpc) is 3.00. The van der Waals surface area contributed by atoms with Crippen molar-refractivity contribution in [2.45, 2.75) is 6.61 Å². The summed E-state index contributed by atoms with van der Waals surface area (Å²) in [6, 6.07) is 9.20. The van der Waals surface area contributed by atoms with E-state index in [1.165, 1.54) is 12.5 Å². The first-order chi connectivity index (χ1) is 11.1. The summed E-state index contributed by atoms with van der Waals surface area (Å²) < 4.78 is 4.43.